The van der Waals surface area contributed by atoms with Gasteiger partial charge in [-0.3, -0.25) is 0 Å². The van der Waals surface area contributed by atoms with Crippen LogP contribution in [0.5, 0.6) is 5.75 Å². The Hall–Kier alpha value is -0.710. The fourth-order valence-electron chi connectivity index (χ4n) is 1.37. The van der Waals surface area contributed by atoms with Gasteiger partial charge in [0.2, 0.25) is 0 Å². The number of para-hydroxylation sites is 1. The van der Waals surface area contributed by atoms with Crippen LogP contribution in [0.4, 0.5) is 0 Å². The van der Waals surface area contributed by atoms with Crippen LogP contribution in [-0.4, -0.2) is 37.4 Å². The van der Waals surface area contributed by atoms with Gasteiger partial charge in [-0.05, 0) is 12.3 Å². The van der Waals surface area contributed by atoms with Crippen molar-refractivity contribution in [2.45, 2.75) is 6.10 Å². The topological polar surface area (TPSA) is 38.7 Å². The molecule has 0 spiro atoms. The largest absolute Gasteiger partial charge is 0.491 e. The van der Waals surface area contributed by atoms with Crippen LogP contribution in [0.15, 0.2) is 24.3 Å². The minimum atomic E-state index is -0.478. The van der Waals surface area contributed by atoms with Gasteiger partial charge in [-0.25, -0.2) is 0 Å². The lowest BCUT2D eigenvalue weighted by atomic mass is 10.1. The van der Waals surface area contributed by atoms with Crippen molar-refractivity contribution < 1.29 is 14.6 Å². The summed E-state index contributed by atoms with van der Waals surface area (Å²) in [7, 11) is 1.64. The van der Waals surface area contributed by atoms with Crippen LogP contribution in [0.25, 0.3) is 0 Å². The number of aliphatic hydroxyl groups excluding tert-OH is 1. The summed E-state index contributed by atoms with van der Waals surface area (Å²) >= 11 is 1.61. The van der Waals surface area contributed by atoms with Crippen LogP contribution < -0.4 is 4.74 Å². The number of rotatable bonds is 7. The Morgan fingerprint density at radius 1 is 1.31 bits per heavy atom. The van der Waals surface area contributed by atoms with Crippen molar-refractivity contribution in [2.75, 3.05) is 32.3 Å². The Labute approximate surface area is 101 Å². The number of methoxy groups -OCH3 is 1. The molecule has 0 aliphatic carbocycles. The highest BCUT2D eigenvalue weighted by molar-refractivity contribution is 7.98. The third-order valence-corrected chi connectivity index (χ3v) is 2.80. The van der Waals surface area contributed by atoms with E-state index in [9.17, 15) is 5.11 Å². The summed E-state index contributed by atoms with van der Waals surface area (Å²) in [5, 5.41) is 9.93. The zero-order valence-corrected chi connectivity index (χ0v) is 10.5. The lowest BCUT2D eigenvalue weighted by molar-refractivity contribution is 0.141. The Balaban J connectivity index is 2.67. The molecule has 1 unspecified atom stereocenters. The zero-order valence-electron chi connectivity index (χ0n) is 9.68. The number of ether oxygens (including phenoxy) is 2. The van der Waals surface area contributed by atoms with Crippen molar-refractivity contribution in [3.05, 3.63) is 29.8 Å². The first-order valence-electron chi connectivity index (χ1n) is 5.17. The zero-order chi connectivity index (χ0) is 11.8. The minimum absolute atomic E-state index is 0.478. The molecular formula is C12H18O3S. The van der Waals surface area contributed by atoms with E-state index < -0.39 is 6.10 Å². The van der Waals surface area contributed by atoms with Gasteiger partial charge in [0.1, 0.15) is 12.4 Å². The number of aliphatic hydroxyl groups is 1. The normalized spacial score (nSPS) is 12.4. The molecule has 0 aliphatic heterocycles. The molecule has 0 saturated heterocycles. The molecule has 3 nitrogen and oxygen atoms in total. The molecular weight excluding hydrogens is 224 g/mol. The molecule has 0 aromatic heterocycles. The first-order valence-corrected chi connectivity index (χ1v) is 6.56. The Kier molecular flexibility index (Phi) is 6.30. The monoisotopic (exact) mass is 242 g/mol. The third kappa shape index (κ3) is 4.04. The molecule has 1 rings (SSSR count). The van der Waals surface area contributed by atoms with Gasteiger partial charge in [0.25, 0.3) is 0 Å². The highest BCUT2D eigenvalue weighted by Gasteiger charge is 2.12. The van der Waals surface area contributed by atoms with Crippen LogP contribution >= 0.6 is 11.8 Å². The molecule has 1 aromatic carbocycles. The standard InChI is InChI=1S/C12H18O3S/c1-14-7-8-15-12-6-4-3-5-10(12)11(13)9-16-2/h3-6,11,13H,7-9H2,1-2H3. The lowest BCUT2D eigenvalue weighted by Gasteiger charge is -2.15. The fourth-order valence-corrected chi connectivity index (χ4v) is 1.87. The summed E-state index contributed by atoms with van der Waals surface area (Å²) in [6, 6.07) is 7.57. The Morgan fingerprint density at radius 3 is 2.75 bits per heavy atom. The van der Waals surface area contributed by atoms with E-state index in [1.807, 2.05) is 30.5 Å². The number of thioether (sulfide) groups is 1. The molecule has 4 heteroatoms. The van der Waals surface area contributed by atoms with Crippen molar-refractivity contribution in [1.82, 2.24) is 0 Å². The summed E-state index contributed by atoms with van der Waals surface area (Å²) in [5.74, 6) is 1.41. The van der Waals surface area contributed by atoms with Gasteiger partial charge < -0.3 is 14.6 Å². The molecule has 1 N–H and O–H groups in total. The van der Waals surface area contributed by atoms with Gasteiger partial charge in [0.05, 0.1) is 12.7 Å². The van der Waals surface area contributed by atoms with E-state index in [2.05, 4.69) is 0 Å². The van der Waals surface area contributed by atoms with Crippen LogP contribution in [-0.2, 0) is 4.74 Å². The molecule has 0 radical (unpaired) electrons. The maximum absolute atomic E-state index is 9.93. The van der Waals surface area contributed by atoms with Crippen LogP contribution in [0.1, 0.15) is 11.7 Å². The molecule has 1 aromatic rings. The first kappa shape index (κ1) is 13.4. The van der Waals surface area contributed by atoms with E-state index in [-0.39, 0.29) is 0 Å². The molecule has 1 atom stereocenters. The van der Waals surface area contributed by atoms with E-state index in [1.54, 1.807) is 18.9 Å². The Bertz CT molecular complexity index is 304. The van der Waals surface area contributed by atoms with Gasteiger partial charge in [-0.15, -0.1) is 0 Å². The van der Waals surface area contributed by atoms with Gasteiger partial charge in [0, 0.05) is 18.4 Å². The highest BCUT2D eigenvalue weighted by atomic mass is 32.2. The second-order valence-corrected chi connectivity index (χ2v) is 4.26. The number of hydrogen-bond donors (Lipinski definition) is 1. The SMILES string of the molecule is COCCOc1ccccc1C(O)CSC. The van der Waals surface area contributed by atoms with Gasteiger partial charge in [-0.2, -0.15) is 11.8 Å². The van der Waals surface area contributed by atoms with E-state index in [1.165, 1.54) is 0 Å². The summed E-state index contributed by atoms with van der Waals surface area (Å²) < 4.78 is 10.5. The van der Waals surface area contributed by atoms with E-state index in [0.29, 0.717) is 19.0 Å². The van der Waals surface area contributed by atoms with Crippen molar-refractivity contribution in [3.8, 4) is 5.75 Å². The van der Waals surface area contributed by atoms with Crippen molar-refractivity contribution in [1.29, 1.82) is 0 Å². The van der Waals surface area contributed by atoms with Gasteiger partial charge >= 0.3 is 0 Å². The minimum Gasteiger partial charge on any atom is -0.491 e. The Morgan fingerprint density at radius 2 is 2.06 bits per heavy atom. The summed E-state index contributed by atoms with van der Waals surface area (Å²) in [6.45, 7) is 1.05. The van der Waals surface area contributed by atoms with Crippen molar-refractivity contribution in [3.63, 3.8) is 0 Å². The number of benzene rings is 1. The van der Waals surface area contributed by atoms with Crippen LogP contribution in [0.3, 0.4) is 0 Å². The summed E-state index contributed by atoms with van der Waals surface area (Å²) in [5.41, 5.74) is 0.841. The van der Waals surface area contributed by atoms with E-state index >= 15 is 0 Å². The van der Waals surface area contributed by atoms with Crippen molar-refractivity contribution in [2.24, 2.45) is 0 Å². The van der Waals surface area contributed by atoms with E-state index in [4.69, 9.17) is 9.47 Å². The van der Waals surface area contributed by atoms with Crippen LogP contribution in [0, 0.1) is 0 Å². The van der Waals surface area contributed by atoms with Crippen LogP contribution in [0.2, 0.25) is 0 Å². The van der Waals surface area contributed by atoms with Gasteiger partial charge in [-0.1, -0.05) is 18.2 Å². The molecule has 0 amide bonds. The molecule has 90 valence electrons. The molecule has 0 heterocycles. The molecule has 0 saturated carbocycles. The second-order valence-electron chi connectivity index (χ2n) is 3.35. The lowest BCUT2D eigenvalue weighted by Crippen LogP contribution is -2.08. The smallest absolute Gasteiger partial charge is 0.125 e. The molecule has 0 fully saturated rings. The summed E-state index contributed by atoms with van der Waals surface area (Å²) in [4.78, 5) is 0. The second kappa shape index (κ2) is 7.54. The molecule has 16 heavy (non-hydrogen) atoms. The van der Waals surface area contributed by atoms with E-state index in [0.717, 1.165) is 11.3 Å². The first-order chi connectivity index (χ1) is 7.79. The fraction of sp³-hybridized carbons (Fsp3) is 0.500. The summed E-state index contributed by atoms with van der Waals surface area (Å²) in [6.07, 6.45) is 1.49. The molecule has 0 aliphatic rings. The highest BCUT2D eigenvalue weighted by Crippen LogP contribution is 2.26. The van der Waals surface area contributed by atoms with Gasteiger partial charge in [0.15, 0.2) is 0 Å². The average Bonchev–Trinajstić information content (AvgIpc) is 2.30. The average molecular weight is 242 g/mol. The third-order valence-electron chi connectivity index (χ3n) is 2.15. The maximum Gasteiger partial charge on any atom is 0.125 e. The van der Waals surface area contributed by atoms with Crippen molar-refractivity contribution >= 4 is 11.8 Å². The molecule has 0 bridgehead atoms. The predicted molar refractivity (Wildman–Crippen MR) is 67.2 cm³/mol. The predicted octanol–water partition coefficient (Wildman–Crippen LogP) is 2.11. The maximum atomic E-state index is 9.93. The quantitative estimate of drug-likeness (QED) is 0.743. The number of hydrogen-bond acceptors (Lipinski definition) is 4.